The Labute approximate surface area is 112 Å². The van der Waals surface area contributed by atoms with Gasteiger partial charge < -0.3 is 20.7 Å². The second-order valence-corrected chi connectivity index (χ2v) is 4.71. The third-order valence-corrected chi connectivity index (χ3v) is 3.37. The molecule has 0 radical (unpaired) electrons. The van der Waals surface area contributed by atoms with E-state index in [-0.39, 0.29) is 18.5 Å². The normalized spacial score (nSPS) is 19.8. The van der Waals surface area contributed by atoms with Crippen molar-refractivity contribution in [2.45, 2.75) is 13.0 Å². The molecule has 2 aliphatic rings. The van der Waals surface area contributed by atoms with Crippen LogP contribution in [0.3, 0.4) is 0 Å². The Morgan fingerprint density at radius 2 is 2.21 bits per heavy atom. The van der Waals surface area contributed by atoms with E-state index in [9.17, 15) is 9.59 Å². The molecule has 2 heterocycles. The van der Waals surface area contributed by atoms with Crippen molar-refractivity contribution >= 4 is 12.0 Å². The van der Waals surface area contributed by atoms with Gasteiger partial charge in [-0.05, 0) is 14.0 Å². The van der Waals surface area contributed by atoms with Crippen molar-refractivity contribution < 1.29 is 14.3 Å². The van der Waals surface area contributed by atoms with Crippen LogP contribution < -0.4 is 16.0 Å². The van der Waals surface area contributed by atoms with Gasteiger partial charge in [0.1, 0.15) is 0 Å². The quantitative estimate of drug-likeness (QED) is 0.558. The van der Waals surface area contributed by atoms with E-state index in [1.165, 1.54) is 0 Å². The van der Waals surface area contributed by atoms with Crippen LogP contribution in [0.2, 0.25) is 0 Å². The van der Waals surface area contributed by atoms with Crippen LogP contribution in [0.25, 0.3) is 0 Å². The van der Waals surface area contributed by atoms with Crippen molar-refractivity contribution in [3.63, 3.8) is 0 Å². The second kappa shape index (κ2) is 6.03. The predicted molar refractivity (Wildman–Crippen MR) is 69.5 cm³/mol. The fraction of sp³-hybridized carbons (Fsp3) is 0.667. The van der Waals surface area contributed by atoms with E-state index in [0.29, 0.717) is 30.5 Å². The van der Waals surface area contributed by atoms with Crippen LogP contribution in [0, 0.1) is 0 Å². The van der Waals surface area contributed by atoms with E-state index in [4.69, 9.17) is 4.74 Å². The molecule has 0 unspecified atom stereocenters. The fourth-order valence-corrected chi connectivity index (χ4v) is 2.04. The molecule has 2 amide bonds. The monoisotopic (exact) mass is 268 g/mol. The number of urea groups is 1. The molecule has 0 aromatic carbocycles. The molecule has 0 spiro atoms. The van der Waals surface area contributed by atoms with Gasteiger partial charge in [-0.25, -0.2) is 9.59 Å². The third kappa shape index (κ3) is 3.24. The molecule has 0 atom stereocenters. The van der Waals surface area contributed by atoms with Crippen LogP contribution in [0.4, 0.5) is 4.79 Å². The van der Waals surface area contributed by atoms with E-state index in [2.05, 4.69) is 20.9 Å². The molecule has 1 saturated heterocycles. The molecule has 7 heteroatoms. The van der Waals surface area contributed by atoms with Crippen molar-refractivity contribution in [2.24, 2.45) is 0 Å². The number of rotatable bonds is 5. The average molecular weight is 268 g/mol. The van der Waals surface area contributed by atoms with E-state index >= 15 is 0 Å². The number of nitrogens with zero attached hydrogens (tertiary/aromatic N) is 1. The molecule has 0 bridgehead atoms. The Morgan fingerprint density at radius 3 is 2.79 bits per heavy atom. The number of esters is 1. The Hall–Kier alpha value is -1.60. The zero-order valence-electron chi connectivity index (χ0n) is 11.3. The first-order valence-electron chi connectivity index (χ1n) is 6.46. The van der Waals surface area contributed by atoms with Crippen LogP contribution in [-0.2, 0) is 9.53 Å². The first-order chi connectivity index (χ1) is 9.11. The number of ether oxygens (including phenoxy) is 1. The fourth-order valence-electron chi connectivity index (χ4n) is 2.04. The zero-order chi connectivity index (χ0) is 13.8. The van der Waals surface area contributed by atoms with Gasteiger partial charge in [0.2, 0.25) is 0 Å². The Morgan fingerprint density at radius 1 is 1.47 bits per heavy atom. The minimum Gasteiger partial charge on any atom is -0.463 e. The first-order valence-corrected chi connectivity index (χ1v) is 6.46. The lowest BCUT2D eigenvalue weighted by Crippen LogP contribution is -2.57. The summed E-state index contributed by atoms with van der Waals surface area (Å²) in [5.41, 5.74) is 1.14. The molecule has 1 fully saturated rings. The summed E-state index contributed by atoms with van der Waals surface area (Å²) in [4.78, 5) is 25.4. The first kappa shape index (κ1) is 13.8. The Kier molecular flexibility index (Phi) is 4.39. The molecule has 3 N–H and O–H groups in total. The molecular weight excluding hydrogens is 248 g/mol. The van der Waals surface area contributed by atoms with Gasteiger partial charge in [0, 0.05) is 31.4 Å². The molecule has 0 aromatic rings. The number of amides is 2. The molecule has 0 saturated carbocycles. The van der Waals surface area contributed by atoms with Gasteiger partial charge in [0.15, 0.2) is 0 Å². The van der Waals surface area contributed by atoms with Crippen LogP contribution in [0.15, 0.2) is 11.3 Å². The highest BCUT2D eigenvalue weighted by molar-refractivity contribution is 5.93. The molecule has 19 heavy (non-hydrogen) atoms. The summed E-state index contributed by atoms with van der Waals surface area (Å²) in [6.07, 6.45) is 0. The highest BCUT2D eigenvalue weighted by atomic mass is 16.5. The molecule has 106 valence electrons. The lowest BCUT2D eigenvalue weighted by molar-refractivity contribution is -0.138. The number of hydrogen-bond acceptors (Lipinski definition) is 5. The molecule has 7 nitrogen and oxygen atoms in total. The molecule has 2 rings (SSSR count). The van der Waals surface area contributed by atoms with E-state index in [0.717, 1.165) is 13.1 Å². The predicted octanol–water partition coefficient (Wildman–Crippen LogP) is -0.980. The van der Waals surface area contributed by atoms with Crippen LogP contribution in [0.5, 0.6) is 0 Å². The topological polar surface area (TPSA) is 82.7 Å². The zero-order valence-corrected chi connectivity index (χ0v) is 11.3. The van der Waals surface area contributed by atoms with Gasteiger partial charge in [0.25, 0.3) is 0 Å². The highest BCUT2D eigenvalue weighted by Crippen LogP contribution is 2.12. The molecule has 0 aromatic heterocycles. The second-order valence-electron chi connectivity index (χ2n) is 4.71. The van der Waals surface area contributed by atoms with Gasteiger partial charge >= 0.3 is 12.0 Å². The van der Waals surface area contributed by atoms with Crippen molar-refractivity contribution in [2.75, 3.05) is 39.8 Å². The smallest absolute Gasteiger partial charge is 0.337 e. The average Bonchev–Trinajstić information content (AvgIpc) is 2.26. The Bertz CT molecular complexity index is 404. The standard InChI is InChI=1S/C12H20N4O3/c1-3-19-11(17)9-6-14-12(18)15-10(9)7-16(2)8-4-13-5-8/h8,13H,3-7H2,1-2H3,(H2,14,15,18). The maximum absolute atomic E-state index is 11.8. The Balaban J connectivity index is 2.08. The van der Waals surface area contributed by atoms with Gasteiger partial charge in [-0.3, -0.25) is 4.90 Å². The lowest BCUT2D eigenvalue weighted by atomic mass is 10.1. The summed E-state index contributed by atoms with van der Waals surface area (Å²) in [6.45, 7) is 4.71. The minimum absolute atomic E-state index is 0.219. The van der Waals surface area contributed by atoms with Gasteiger partial charge in [-0.15, -0.1) is 0 Å². The summed E-state index contributed by atoms with van der Waals surface area (Å²) in [5, 5.41) is 8.49. The number of carbonyl (C=O) groups is 2. The summed E-state index contributed by atoms with van der Waals surface area (Å²) < 4.78 is 5.01. The van der Waals surface area contributed by atoms with Gasteiger partial charge in [-0.2, -0.15) is 0 Å². The van der Waals surface area contributed by atoms with E-state index < -0.39 is 0 Å². The number of carbonyl (C=O) groups excluding carboxylic acids is 2. The molecule has 0 aliphatic carbocycles. The third-order valence-electron chi connectivity index (χ3n) is 3.37. The summed E-state index contributed by atoms with van der Waals surface area (Å²) in [5.74, 6) is -0.370. The number of hydrogen-bond donors (Lipinski definition) is 3. The molecule has 2 aliphatic heterocycles. The van der Waals surface area contributed by atoms with Crippen molar-refractivity contribution in [1.82, 2.24) is 20.9 Å². The SMILES string of the molecule is CCOC(=O)C1=C(CN(C)C2CNC2)NC(=O)NC1. The largest absolute Gasteiger partial charge is 0.463 e. The van der Waals surface area contributed by atoms with Crippen molar-refractivity contribution in [1.29, 1.82) is 0 Å². The highest BCUT2D eigenvalue weighted by Gasteiger charge is 2.27. The summed E-state index contributed by atoms with van der Waals surface area (Å²) >= 11 is 0. The minimum atomic E-state index is -0.370. The molecular formula is C12H20N4O3. The van der Waals surface area contributed by atoms with Crippen molar-refractivity contribution in [3.05, 3.63) is 11.3 Å². The summed E-state index contributed by atoms with van der Waals surface area (Å²) in [6, 6.07) is 0.172. The number of likely N-dealkylation sites (N-methyl/N-ethyl adjacent to an activating group) is 1. The van der Waals surface area contributed by atoms with Crippen LogP contribution in [-0.4, -0.2) is 62.8 Å². The van der Waals surface area contributed by atoms with Gasteiger partial charge in [0.05, 0.1) is 18.7 Å². The maximum Gasteiger partial charge on any atom is 0.337 e. The van der Waals surface area contributed by atoms with Crippen molar-refractivity contribution in [3.8, 4) is 0 Å². The van der Waals surface area contributed by atoms with Gasteiger partial charge in [-0.1, -0.05) is 0 Å². The van der Waals surface area contributed by atoms with Crippen LogP contribution >= 0.6 is 0 Å². The van der Waals surface area contributed by atoms with E-state index in [1.54, 1.807) is 6.92 Å². The van der Waals surface area contributed by atoms with Crippen LogP contribution in [0.1, 0.15) is 6.92 Å². The summed E-state index contributed by atoms with van der Waals surface area (Å²) in [7, 11) is 1.98. The van der Waals surface area contributed by atoms with E-state index in [1.807, 2.05) is 7.05 Å². The number of nitrogens with one attached hydrogen (secondary N) is 3. The lowest BCUT2D eigenvalue weighted by Gasteiger charge is -2.36. The maximum atomic E-state index is 11.8.